The van der Waals surface area contributed by atoms with E-state index in [0.29, 0.717) is 56.0 Å². The van der Waals surface area contributed by atoms with E-state index in [1.165, 1.54) is 16.8 Å². The highest BCUT2D eigenvalue weighted by Gasteiger charge is 2.26. The van der Waals surface area contributed by atoms with Crippen molar-refractivity contribution in [3.05, 3.63) is 65.5 Å². The number of aromatic nitrogens is 4. The largest absolute Gasteiger partial charge is 0.336 e. The van der Waals surface area contributed by atoms with Gasteiger partial charge in [-0.15, -0.1) is 5.10 Å². The molecule has 2 heterocycles. The number of carbonyl (C=O) groups is 1. The summed E-state index contributed by atoms with van der Waals surface area (Å²) in [6, 6.07) is 9.73. The normalized spacial score (nSPS) is 14.8. The maximum absolute atomic E-state index is 13.6. The van der Waals surface area contributed by atoms with Gasteiger partial charge >= 0.3 is 0 Å². The third kappa shape index (κ3) is 4.91. The number of thioether (sulfide) groups is 1. The zero-order chi connectivity index (χ0) is 22.7. The zero-order valence-electron chi connectivity index (χ0n) is 16.7. The lowest BCUT2D eigenvalue weighted by Crippen LogP contribution is -2.48. The third-order valence-electron chi connectivity index (χ3n) is 5.04. The number of alkyl halides is 2. The number of hydrogen-bond acceptors (Lipinski definition) is 6. The number of carbonyl (C=O) groups excluding carboxylic acids is 1. The first-order valence-electron chi connectivity index (χ1n) is 9.70. The van der Waals surface area contributed by atoms with E-state index in [2.05, 4.69) is 15.5 Å². The van der Waals surface area contributed by atoms with E-state index in [9.17, 15) is 22.4 Å². The van der Waals surface area contributed by atoms with Crippen LogP contribution in [0.5, 0.6) is 0 Å². The minimum absolute atomic E-state index is 0.251. The number of tetrazole rings is 1. The summed E-state index contributed by atoms with van der Waals surface area (Å²) in [7, 11) is 0. The first-order valence-corrected chi connectivity index (χ1v) is 10.6. The smallest absolute Gasteiger partial charge is 0.288 e. The molecule has 1 aliphatic rings. The Kier molecular flexibility index (Phi) is 6.70. The fourth-order valence-electron chi connectivity index (χ4n) is 3.44. The molecular formula is C20H18F4N6OS. The SMILES string of the molecule is O=C(c1ccccc1SC(F)F)N1CCN(Cc2nnnn2-c2ccc(F)c(F)c2)CC1. The van der Waals surface area contributed by atoms with Gasteiger partial charge in [-0.05, 0) is 34.7 Å². The molecule has 168 valence electrons. The van der Waals surface area contributed by atoms with Crippen molar-refractivity contribution in [3.63, 3.8) is 0 Å². The molecular weight excluding hydrogens is 448 g/mol. The van der Waals surface area contributed by atoms with Gasteiger partial charge in [-0.3, -0.25) is 9.69 Å². The van der Waals surface area contributed by atoms with E-state index in [4.69, 9.17) is 0 Å². The number of halogens is 4. The number of benzene rings is 2. The van der Waals surface area contributed by atoms with Crippen LogP contribution >= 0.6 is 11.8 Å². The van der Waals surface area contributed by atoms with Crippen molar-refractivity contribution in [1.82, 2.24) is 30.0 Å². The molecule has 0 radical (unpaired) electrons. The first-order chi connectivity index (χ1) is 15.4. The lowest BCUT2D eigenvalue weighted by atomic mass is 10.2. The zero-order valence-corrected chi connectivity index (χ0v) is 17.5. The Labute approximate surface area is 185 Å². The Balaban J connectivity index is 1.40. The van der Waals surface area contributed by atoms with Gasteiger partial charge in [0.15, 0.2) is 17.5 Å². The fourth-order valence-corrected chi connectivity index (χ4v) is 4.07. The van der Waals surface area contributed by atoms with Crippen LogP contribution < -0.4 is 0 Å². The predicted molar refractivity (Wildman–Crippen MR) is 109 cm³/mol. The van der Waals surface area contributed by atoms with Crippen LogP contribution in [0, 0.1) is 11.6 Å². The molecule has 7 nitrogen and oxygen atoms in total. The van der Waals surface area contributed by atoms with Crippen LogP contribution in [-0.2, 0) is 6.54 Å². The number of rotatable bonds is 6. The third-order valence-corrected chi connectivity index (χ3v) is 5.83. The minimum Gasteiger partial charge on any atom is -0.336 e. The molecule has 32 heavy (non-hydrogen) atoms. The van der Waals surface area contributed by atoms with Gasteiger partial charge in [-0.25, -0.2) is 8.78 Å². The molecule has 0 aliphatic carbocycles. The monoisotopic (exact) mass is 466 g/mol. The number of hydrogen-bond donors (Lipinski definition) is 0. The molecule has 0 atom stereocenters. The molecule has 0 unspecified atom stereocenters. The average molecular weight is 466 g/mol. The Morgan fingerprint density at radius 3 is 2.50 bits per heavy atom. The van der Waals surface area contributed by atoms with E-state index >= 15 is 0 Å². The van der Waals surface area contributed by atoms with Crippen molar-refractivity contribution >= 4 is 17.7 Å². The molecule has 0 N–H and O–H groups in total. The van der Waals surface area contributed by atoms with Gasteiger partial charge in [0.1, 0.15) is 0 Å². The lowest BCUT2D eigenvalue weighted by Gasteiger charge is -2.34. The second-order valence-corrected chi connectivity index (χ2v) is 8.08. The fraction of sp³-hybridized carbons (Fsp3) is 0.300. The molecule has 3 aromatic rings. The van der Waals surface area contributed by atoms with Crippen molar-refractivity contribution in [2.75, 3.05) is 26.2 Å². The van der Waals surface area contributed by atoms with Gasteiger partial charge in [-0.1, -0.05) is 23.9 Å². The summed E-state index contributed by atoms with van der Waals surface area (Å²) < 4.78 is 53.7. The minimum atomic E-state index is -2.61. The molecule has 12 heteroatoms. The summed E-state index contributed by atoms with van der Waals surface area (Å²) >= 11 is 0.356. The van der Waals surface area contributed by atoms with Gasteiger partial charge in [-0.2, -0.15) is 13.5 Å². The van der Waals surface area contributed by atoms with Crippen molar-refractivity contribution < 1.29 is 22.4 Å². The maximum atomic E-state index is 13.6. The van der Waals surface area contributed by atoms with E-state index in [0.717, 1.165) is 12.1 Å². The Bertz CT molecular complexity index is 1100. The second kappa shape index (κ2) is 9.65. The van der Waals surface area contributed by atoms with Gasteiger partial charge in [0.2, 0.25) is 0 Å². The summed E-state index contributed by atoms with van der Waals surface area (Å²) in [5.74, 6) is -4.42. The molecule has 2 aromatic carbocycles. The Morgan fingerprint density at radius 1 is 1.03 bits per heavy atom. The average Bonchev–Trinajstić information content (AvgIpc) is 3.24. The summed E-state index contributed by atoms with van der Waals surface area (Å²) in [4.78, 5) is 16.8. The highest BCUT2D eigenvalue weighted by atomic mass is 32.2. The highest BCUT2D eigenvalue weighted by molar-refractivity contribution is 7.99. The number of piperazine rings is 1. The molecule has 0 saturated carbocycles. The van der Waals surface area contributed by atoms with Crippen molar-refractivity contribution in [3.8, 4) is 5.69 Å². The van der Waals surface area contributed by atoms with Crippen molar-refractivity contribution in [1.29, 1.82) is 0 Å². The van der Waals surface area contributed by atoms with Gasteiger partial charge < -0.3 is 4.90 Å². The summed E-state index contributed by atoms with van der Waals surface area (Å²) in [6.07, 6.45) is 0. The second-order valence-electron chi connectivity index (χ2n) is 7.05. The van der Waals surface area contributed by atoms with Crippen LogP contribution in [0.1, 0.15) is 16.2 Å². The molecule has 1 saturated heterocycles. The van der Waals surface area contributed by atoms with Crippen LogP contribution in [0.3, 0.4) is 0 Å². The standard InChI is InChI=1S/C20H18F4N6OS/c21-15-6-5-13(11-16(15)22)30-18(25-26-27-30)12-28-7-9-29(10-8-28)19(31)14-3-1-2-4-17(14)32-20(23)24/h1-6,11,20H,7-10,12H2. The number of nitrogens with zero attached hydrogens (tertiary/aromatic N) is 6. The summed E-state index contributed by atoms with van der Waals surface area (Å²) in [6.45, 7) is 2.17. The van der Waals surface area contributed by atoms with Gasteiger partial charge in [0, 0.05) is 37.1 Å². The summed E-state index contributed by atoms with van der Waals surface area (Å²) in [5.41, 5.74) is 0.555. The van der Waals surface area contributed by atoms with Gasteiger partial charge in [0.05, 0.1) is 17.8 Å². The van der Waals surface area contributed by atoms with E-state index < -0.39 is 17.4 Å². The van der Waals surface area contributed by atoms with E-state index in [-0.39, 0.29) is 16.4 Å². The highest BCUT2D eigenvalue weighted by Crippen LogP contribution is 2.29. The van der Waals surface area contributed by atoms with Crippen LogP contribution in [0.2, 0.25) is 0 Å². The molecule has 1 amide bonds. The molecule has 1 aromatic heterocycles. The van der Waals surface area contributed by atoms with Crippen LogP contribution in [0.4, 0.5) is 17.6 Å². The molecule has 0 spiro atoms. The molecule has 0 bridgehead atoms. The molecule has 1 fully saturated rings. The van der Waals surface area contributed by atoms with Crippen LogP contribution in [0.15, 0.2) is 47.4 Å². The molecule has 1 aliphatic heterocycles. The van der Waals surface area contributed by atoms with Gasteiger partial charge in [0.25, 0.3) is 11.7 Å². The first kappa shape index (κ1) is 22.2. The van der Waals surface area contributed by atoms with Crippen LogP contribution in [0.25, 0.3) is 5.69 Å². The van der Waals surface area contributed by atoms with Crippen LogP contribution in [-0.4, -0.2) is 67.9 Å². The topological polar surface area (TPSA) is 67.2 Å². The predicted octanol–water partition coefficient (Wildman–Crippen LogP) is 3.21. The number of amides is 1. The summed E-state index contributed by atoms with van der Waals surface area (Å²) in [5, 5.41) is 11.4. The Morgan fingerprint density at radius 2 is 1.78 bits per heavy atom. The molecule has 4 rings (SSSR count). The van der Waals surface area contributed by atoms with E-state index in [1.807, 2.05) is 4.90 Å². The van der Waals surface area contributed by atoms with E-state index in [1.54, 1.807) is 23.1 Å². The quantitative estimate of drug-likeness (QED) is 0.411. The Hall–Kier alpha value is -2.99. The van der Waals surface area contributed by atoms with Crippen molar-refractivity contribution in [2.45, 2.75) is 17.2 Å². The van der Waals surface area contributed by atoms with Crippen molar-refractivity contribution in [2.24, 2.45) is 0 Å². The lowest BCUT2D eigenvalue weighted by molar-refractivity contribution is 0.0621. The maximum Gasteiger partial charge on any atom is 0.288 e.